The number of aliphatic carboxylic acids is 1. The Bertz CT molecular complexity index is 879. The molecule has 3 amide bonds. The fourth-order valence-electron chi connectivity index (χ4n) is 4.47. The van der Waals surface area contributed by atoms with Crippen LogP contribution in [0.3, 0.4) is 0 Å². The van der Waals surface area contributed by atoms with Gasteiger partial charge in [0.15, 0.2) is 0 Å². The Morgan fingerprint density at radius 1 is 1.08 bits per heavy atom. The molecule has 4 unspecified atom stereocenters. The fraction of sp³-hybridized carbons (Fsp3) is 0.615. The molecule has 0 aromatic heterocycles. The Morgan fingerprint density at radius 3 is 2.39 bits per heavy atom. The van der Waals surface area contributed by atoms with Gasteiger partial charge < -0.3 is 32.1 Å². The van der Waals surface area contributed by atoms with E-state index >= 15 is 0 Å². The summed E-state index contributed by atoms with van der Waals surface area (Å²) in [4.78, 5) is 52.6. The molecule has 1 heterocycles. The number of carbonyl (C=O) groups excluding carboxylic acids is 3. The summed E-state index contributed by atoms with van der Waals surface area (Å²) in [6.07, 6.45) is 3.28. The third kappa shape index (κ3) is 8.91. The number of benzene rings is 1. The van der Waals surface area contributed by atoms with Crippen molar-refractivity contribution in [1.82, 2.24) is 15.5 Å². The first-order valence-corrected chi connectivity index (χ1v) is 12.8. The minimum absolute atomic E-state index is 0.182. The van der Waals surface area contributed by atoms with Gasteiger partial charge in [-0.15, -0.1) is 0 Å². The van der Waals surface area contributed by atoms with Crippen molar-refractivity contribution in [3.8, 4) is 0 Å². The third-order valence-corrected chi connectivity index (χ3v) is 6.36. The molecule has 0 radical (unpaired) electrons. The van der Waals surface area contributed by atoms with Crippen LogP contribution in [-0.4, -0.2) is 71.0 Å². The number of carbonyl (C=O) groups is 4. The van der Waals surface area contributed by atoms with Crippen molar-refractivity contribution in [3.05, 3.63) is 35.9 Å². The van der Waals surface area contributed by atoms with Crippen LogP contribution in [0.5, 0.6) is 0 Å². The summed E-state index contributed by atoms with van der Waals surface area (Å²) in [5.74, 6) is -2.19. The summed E-state index contributed by atoms with van der Waals surface area (Å²) in [7, 11) is 0. The lowest BCUT2D eigenvalue weighted by Crippen LogP contribution is -2.57. The molecule has 7 N–H and O–H groups in total. The van der Waals surface area contributed by atoms with Crippen LogP contribution >= 0.6 is 0 Å². The van der Waals surface area contributed by atoms with E-state index in [-0.39, 0.29) is 24.7 Å². The van der Waals surface area contributed by atoms with Crippen LogP contribution in [0.1, 0.15) is 57.9 Å². The van der Waals surface area contributed by atoms with Gasteiger partial charge in [-0.25, -0.2) is 4.79 Å². The van der Waals surface area contributed by atoms with Gasteiger partial charge in [-0.1, -0.05) is 44.2 Å². The number of nitrogens with zero attached hydrogens (tertiary/aromatic N) is 1. The summed E-state index contributed by atoms with van der Waals surface area (Å²) in [5.41, 5.74) is 12.4. The van der Waals surface area contributed by atoms with Gasteiger partial charge in [0, 0.05) is 13.0 Å². The largest absolute Gasteiger partial charge is 0.480 e. The van der Waals surface area contributed by atoms with Crippen molar-refractivity contribution < 1.29 is 24.3 Å². The highest BCUT2D eigenvalue weighted by molar-refractivity contribution is 5.94. The average Bonchev–Trinajstić information content (AvgIpc) is 3.32. The molecule has 1 aromatic carbocycles. The molecular weight excluding hydrogens is 462 g/mol. The Hall–Kier alpha value is -2.98. The molecule has 1 aliphatic heterocycles. The summed E-state index contributed by atoms with van der Waals surface area (Å²) in [5, 5.41) is 14.9. The Morgan fingerprint density at radius 2 is 1.78 bits per heavy atom. The minimum Gasteiger partial charge on any atom is -0.480 e. The highest BCUT2D eigenvalue weighted by Crippen LogP contribution is 2.20. The van der Waals surface area contributed by atoms with Crippen molar-refractivity contribution in [3.63, 3.8) is 0 Å². The number of carboxylic acid groups (broad SMARTS) is 1. The van der Waals surface area contributed by atoms with Gasteiger partial charge >= 0.3 is 5.97 Å². The van der Waals surface area contributed by atoms with Crippen LogP contribution in [0.2, 0.25) is 0 Å². The van der Waals surface area contributed by atoms with Crippen molar-refractivity contribution in [2.45, 2.75) is 83.0 Å². The highest BCUT2D eigenvalue weighted by atomic mass is 16.4. The Balaban J connectivity index is 2.16. The van der Waals surface area contributed by atoms with E-state index in [0.717, 1.165) is 5.56 Å². The quantitative estimate of drug-likeness (QED) is 0.234. The Kier molecular flexibility index (Phi) is 11.8. The molecular formula is C26H41N5O5. The van der Waals surface area contributed by atoms with Crippen molar-refractivity contribution >= 4 is 23.7 Å². The van der Waals surface area contributed by atoms with Gasteiger partial charge in [0.2, 0.25) is 17.7 Å². The average molecular weight is 504 g/mol. The second-order valence-electron chi connectivity index (χ2n) is 9.86. The summed E-state index contributed by atoms with van der Waals surface area (Å²) in [6.45, 7) is 4.83. The van der Waals surface area contributed by atoms with E-state index in [2.05, 4.69) is 10.6 Å². The predicted molar refractivity (Wildman–Crippen MR) is 137 cm³/mol. The molecule has 10 nitrogen and oxygen atoms in total. The standard InChI is InChI=1S/C26H41N5O5/c1-17(2)15-19(28)25(34)31-14-8-12-22(31)24(33)30-21(16-18-9-4-3-5-10-18)23(32)29-20(26(35)36)11-6-7-13-27/h3-5,9-10,17,19-22H,6-8,11-16,27-28H2,1-2H3,(H,29,32)(H,30,33)(H,35,36). The van der Waals surface area contributed by atoms with Crippen molar-refractivity contribution in [1.29, 1.82) is 0 Å². The van der Waals surface area contributed by atoms with Gasteiger partial charge in [-0.2, -0.15) is 0 Å². The number of hydrogen-bond acceptors (Lipinski definition) is 6. The van der Waals surface area contributed by atoms with E-state index in [0.29, 0.717) is 45.2 Å². The molecule has 1 aromatic rings. The molecule has 1 aliphatic rings. The monoisotopic (exact) mass is 503 g/mol. The van der Waals surface area contributed by atoms with Crippen molar-refractivity contribution in [2.24, 2.45) is 17.4 Å². The first kappa shape index (κ1) is 29.3. The number of carboxylic acids is 1. The van der Waals surface area contributed by atoms with Crippen LogP contribution in [0.15, 0.2) is 30.3 Å². The molecule has 10 heteroatoms. The lowest BCUT2D eigenvalue weighted by molar-refractivity contribution is -0.143. The first-order valence-electron chi connectivity index (χ1n) is 12.8. The lowest BCUT2D eigenvalue weighted by Gasteiger charge is -2.29. The van der Waals surface area contributed by atoms with Gasteiger partial charge in [-0.3, -0.25) is 14.4 Å². The molecule has 36 heavy (non-hydrogen) atoms. The van der Waals surface area contributed by atoms with E-state index in [1.807, 2.05) is 44.2 Å². The van der Waals surface area contributed by atoms with E-state index in [9.17, 15) is 24.3 Å². The first-order chi connectivity index (χ1) is 17.1. The molecule has 2 rings (SSSR count). The second kappa shape index (κ2) is 14.5. The molecule has 1 fully saturated rings. The van der Waals surface area contributed by atoms with E-state index in [1.165, 1.54) is 4.90 Å². The van der Waals surface area contributed by atoms with Crippen LogP contribution in [0.4, 0.5) is 0 Å². The molecule has 4 atom stereocenters. The zero-order valence-corrected chi connectivity index (χ0v) is 21.3. The number of amides is 3. The van der Waals surface area contributed by atoms with E-state index in [1.54, 1.807) is 0 Å². The maximum Gasteiger partial charge on any atom is 0.326 e. The summed E-state index contributed by atoms with van der Waals surface area (Å²) >= 11 is 0. The Labute approximate surface area is 213 Å². The SMILES string of the molecule is CC(C)CC(N)C(=O)N1CCCC1C(=O)NC(Cc1ccccc1)C(=O)NC(CCCCN)C(=O)O. The number of unbranched alkanes of at least 4 members (excludes halogenated alkanes) is 1. The zero-order valence-electron chi connectivity index (χ0n) is 21.3. The smallest absolute Gasteiger partial charge is 0.326 e. The number of nitrogens with two attached hydrogens (primary N) is 2. The number of nitrogens with one attached hydrogen (secondary N) is 2. The normalized spacial score (nSPS) is 17.9. The topological polar surface area (TPSA) is 168 Å². The van der Waals surface area contributed by atoms with Crippen LogP contribution in [-0.2, 0) is 25.6 Å². The molecule has 200 valence electrons. The highest BCUT2D eigenvalue weighted by Gasteiger charge is 2.38. The molecule has 0 saturated carbocycles. The fourth-order valence-corrected chi connectivity index (χ4v) is 4.47. The van der Waals surface area contributed by atoms with Crippen LogP contribution < -0.4 is 22.1 Å². The lowest BCUT2D eigenvalue weighted by atomic mass is 10.0. The van der Waals surface area contributed by atoms with Gasteiger partial charge in [-0.05, 0) is 56.6 Å². The van der Waals surface area contributed by atoms with Gasteiger partial charge in [0.25, 0.3) is 0 Å². The maximum atomic E-state index is 13.3. The van der Waals surface area contributed by atoms with Crippen LogP contribution in [0.25, 0.3) is 0 Å². The third-order valence-electron chi connectivity index (χ3n) is 6.36. The number of hydrogen-bond donors (Lipinski definition) is 5. The van der Waals surface area contributed by atoms with Crippen LogP contribution in [0, 0.1) is 5.92 Å². The van der Waals surface area contributed by atoms with Gasteiger partial charge in [0.05, 0.1) is 6.04 Å². The predicted octanol–water partition coefficient (Wildman–Crippen LogP) is 0.777. The van der Waals surface area contributed by atoms with Gasteiger partial charge in [0.1, 0.15) is 18.1 Å². The minimum atomic E-state index is -1.14. The molecule has 0 spiro atoms. The van der Waals surface area contributed by atoms with E-state index < -0.39 is 42.0 Å². The maximum absolute atomic E-state index is 13.3. The van der Waals surface area contributed by atoms with Crippen molar-refractivity contribution in [2.75, 3.05) is 13.1 Å². The summed E-state index contributed by atoms with van der Waals surface area (Å²) < 4.78 is 0. The van der Waals surface area contributed by atoms with E-state index in [4.69, 9.17) is 11.5 Å². The number of likely N-dealkylation sites (tertiary alicyclic amines) is 1. The molecule has 0 bridgehead atoms. The zero-order chi connectivity index (χ0) is 26.7. The molecule has 0 aliphatic carbocycles. The summed E-state index contributed by atoms with van der Waals surface area (Å²) in [6, 6.07) is 5.66. The molecule has 1 saturated heterocycles. The second-order valence-corrected chi connectivity index (χ2v) is 9.86. The number of rotatable bonds is 14.